The van der Waals surface area contributed by atoms with Crippen molar-refractivity contribution in [3.05, 3.63) is 70.7 Å². The van der Waals surface area contributed by atoms with Crippen molar-refractivity contribution < 1.29 is 19.2 Å². The molecular weight excluding hydrogens is 572 g/mol. The van der Waals surface area contributed by atoms with Crippen molar-refractivity contribution in [3.63, 3.8) is 0 Å². The maximum absolute atomic E-state index is 13.0. The quantitative estimate of drug-likeness (QED) is 0.201. The van der Waals surface area contributed by atoms with Gasteiger partial charge in [-0.1, -0.05) is 18.9 Å². The average molecular weight is 605 g/mol. The molecule has 2 aromatic carbocycles. The summed E-state index contributed by atoms with van der Waals surface area (Å²) in [4.78, 5) is 59.9. The number of nitriles is 1. The van der Waals surface area contributed by atoms with Gasteiger partial charge in [0.05, 0.1) is 39.8 Å². The van der Waals surface area contributed by atoms with Crippen molar-refractivity contribution in [2.75, 3.05) is 11.9 Å². The third-order valence-electron chi connectivity index (χ3n) is 8.40. The van der Waals surface area contributed by atoms with E-state index in [1.807, 2.05) is 30.7 Å². The minimum absolute atomic E-state index is 0.0883. The molecule has 1 saturated heterocycles. The van der Waals surface area contributed by atoms with Gasteiger partial charge in [0.2, 0.25) is 11.8 Å². The molecule has 2 aromatic heterocycles. The summed E-state index contributed by atoms with van der Waals surface area (Å²) in [6.07, 6.45) is 5.83. The molecule has 0 spiro atoms. The van der Waals surface area contributed by atoms with Crippen molar-refractivity contribution in [1.29, 1.82) is 5.26 Å². The minimum Gasteiger partial charge on any atom is -0.385 e. The number of aryl methyl sites for hydroxylation is 2. The zero-order valence-electron chi connectivity index (χ0n) is 25.1. The van der Waals surface area contributed by atoms with Crippen LogP contribution in [0, 0.1) is 25.2 Å². The molecule has 1 atom stereocenters. The smallest absolute Gasteiger partial charge is 0.262 e. The first kappa shape index (κ1) is 29.6. The molecule has 2 N–H and O–H groups in total. The number of hydrogen-bond acceptors (Lipinski definition) is 9. The van der Waals surface area contributed by atoms with E-state index in [1.165, 1.54) is 0 Å². The van der Waals surface area contributed by atoms with Gasteiger partial charge in [-0.3, -0.25) is 39.1 Å². The van der Waals surface area contributed by atoms with Gasteiger partial charge in [0.1, 0.15) is 17.6 Å². The molecular formula is C33H32N8O4. The number of carbonyl (C=O) groups excluding carboxylic acids is 4. The van der Waals surface area contributed by atoms with E-state index < -0.39 is 29.7 Å². The molecule has 4 aromatic rings. The van der Waals surface area contributed by atoms with Crippen LogP contribution in [0.3, 0.4) is 0 Å². The van der Waals surface area contributed by atoms with E-state index in [2.05, 4.69) is 21.7 Å². The third kappa shape index (κ3) is 5.64. The molecule has 1 fully saturated rings. The highest BCUT2D eigenvalue weighted by Gasteiger charge is 2.44. The molecule has 2 aliphatic heterocycles. The van der Waals surface area contributed by atoms with Crippen molar-refractivity contribution in [1.82, 2.24) is 30.0 Å². The normalized spacial score (nSPS) is 16.2. The number of benzene rings is 2. The second kappa shape index (κ2) is 12.3. The molecule has 12 heteroatoms. The number of para-hydroxylation sites is 1. The van der Waals surface area contributed by atoms with Gasteiger partial charge >= 0.3 is 0 Å². The largest absolute Gasteiger partial charge is 0.385 e. The van der Waals surface area contributed by atoms with Crippen LogP contribution >= 0.6 is 0 Å². The Bertz CT molecular complexity index is 1910. The number of fused-ring (bicyclic) bond motifs is 2. The number of piperidine rings is 1. The summed E-state index contributed by atoms with van der Waals surface area (Å²) in [5.74, 6) is -2.04. The van der Waals surface area contributed by atoms with Gasteiger partial charge in [-0.25, -0.2) is 4.98 Å². The van der Waals surface area contributed by atoms with Crippen LogP contribution in [0.5, 0.6) is 0 Å². The minimum atomic E-state index is -0.974. The van der Waals surface area contributed by atoms with E-state index >= 15 is 0 Å². The Balaban J connectivity index is 0.986. The van der Waals surface area contributed by atoms with E-state index in [0.717, 1.165) is 65.5 Å². The number of hydrogen-bond donors (Lipinski definition) is 2. The number of nitrogens with one attached hydrogen (secondary N) is 2. The highest BCUT2D eigenvalue weighted by atomic mass is 16.2. The summed E-state index contributed by atoms with van der Waals surface area (Å²) in [5, 5.41) is 19.6. The first-order valence-corrected chi connectivity index (χ1v) is 15.1. The Morgan fingerprint density at radius 2 is 1.82 bits per heavy atom. The van der Waals surface area contributed by atoms with Crippen LogP contribution in [0.25, 0.3) is 22.3 Å². The number of rotatable bonds is 10. The standard InChI is InChI=1S/C33H32N8O4/c1-19-29(26-18-36-30-21(17-34)8-7-9-25(30)37-26)20(2)40(39-19)15-6-4-3-5-14-35-22-10-11-23-24(16-22)33(45)41(32(23)44)27-12-13-28(42)38-31(27)43/h7-11,16,18,27,35H,3-6,12-15H2,1-2H3,(H,38,42,43). The second-order valence-corrected chi connectivity index (χ2v) is 11.4. The Hall–Kier alpha value is -5.44. The highest BCUT2D eigenvalue weighted by Crippen LogP contribution is 2.30. The second-order valence-electron chi connectivity index (χ2n) is 11.4. The molecule has 0 bridgehead atoms. The zero-order chi connectivity index (χ0) is 31.7. The van der Waals surface area contributed by atoms with Crippen molar-refractivity contribution in [3.8, 4) is 17.3 Å². The molecule has 6 rings (SSSR count). The lowest BCUT2D eigenvalue weighted by Crippen LogP contribution is -2.54. The van der Waals surface area contributed by atoms with Crippen LogP contribution in [-0.2, 0) is 16.1 Å². The Labute approximate surface area is 259 Å². The SMILES string of the molecule is Cc1nn(CCCCCCNc2ccc3c(c2)C(=O)N(C2CCC(=O)NC2=O)C3=O)c(C)c1-c1cnc2c(C#N)cccc2n1. The predicted octanol–water partition coefficient (Wildman–Crippen LogP) is 4.06. The number of imide groups is 2. The van der Waals surface area contributed by atoms with Crippen LogP contribution in [0.2, 0.25) is 0 Å². The Kier molecular flexibility index (Phi) is 8.08. The molecule has 12 nitrogen and oxygen atoms in total. The molecule has 2 aliphatic rings. The number of carbonyl (C=O) groups is 4. The summed E-state index contributed by atoms with van der Waals surface area (Å²) in [7, 11) is 0. The van der Waals surface area contributed by atoms with Crippen LogP contribution in [0.15, 0.2) is 42.6 Å². The first-order chi connectivity index (χ1) is 21.8. The topological polar surface area (TPSA) is 163 Å². The van der Waals surface area contributed by atoms with E-state index in [-0.39, 0.29) is 24.0 Å². The van der Waals surface area contributed by atoms with Crippen LogP contribution in [-0.4, -0.2) is 60.9 Å². The van der Waals surface area contributed by atoms with E-state index in [1.54, 1.807) is 30.5 Å². The summed E-state index contributed by atoms with van der Waals surface area (Å²) >= 11 is 0. The summed E-state index contributed by atoms with van der Waals surface area (Å²) in [6.45, 7) is 5.49. The maximum atomic E-state index is 13.0. The molecule has 0 saturated carbocycles. The van der Waals surface area contributed by atoms with Crippen molar-refractivity contribution in [2.24, 2.45) is 0 Å². The summed E-state index contributed by atoms with van der Waals surface area (Å²) in [6, 6.07) is 11.6. The summed E-state index contributed by atoms with van der Waals surface area (Å²) in [5.41, 5.74) is 6.66. The predicted molar refractivity (Wildman–Crippen MR) is 165 cm³/mol. The Morgan fingerprint density at radius 3 is 2.62 bits per heavy atom. The molecule has 1 unspecified atom stereocenters. The van der Waals surface area contributed by atoms with Gasteiger partial charge in [-0.15, -0.1) is 0 Å². The van der Waals surface area contributed by atoms with E-state index in [0.29, 0.717) is 23.1 Å². The first-order valence-electron chi connectivity index (χ1n) is 15.1. The van der Waals surface area contributed by atoms with Gasteiger partial charge in [-0.2, -0.15) is 10.4 Å². The van der Waals surface area contributed by atoms with Crippen LogP contribution < -0.4 is 10.6 Å². The van der Waals surface area contributed by atoms with Gasteiger partial charge < -0.3 is 5.32 Å². The zero-order valence-corrected chi connectivity index (χ0v) is 25.1. The Morgan fingerprint density at radius 1 is 1.02 bits per heavy atom. The molecule has 45 heavy (non-hydrogen) atoms. The van der Waals surface area contributed by atoms with Gasteiger partial charge in [0.25, 0.3) is 11.8 Å². The van der Waals surface area contributed by atoms with Crippen LogP contribution in [0.1, 0.15) is 76.2 Å². The van der Waals surface area contributed by atoms with Crippen molar-refractivity contribution in [2.45, 2.75) is 65.0 Å². The van der Waals surface area contributed by atoms with E-state index in [4.69, 9.17) is 10.1 Å². The number of amides is 4. The molecule has 4 heterocycles. The van der Waals surface area contributed by atoms with Crippen molar-refractivity contribution >= 4 is 40.3 Å². The van der Waals surface area contributed by atoms with E-state index in [9.17, 15) is 24.4 Å². The van der Waals surface area contributed by atoms with Gasteiger partial charge in [0.15, 0.2) is 0 Å². The van der Waals surface area contributed by atoms with Gasteiger partial charge in [0, 0.05) is 36.5 Å². The lowest BCUT2D eigenvalue weighted by Gasteiger charge is -2.27. The molecule has 228 valence electrons. The number of unbranched alkanes of at least 4 members (excludes halogenated alkanes) is 3. The summed E-state index contributed by atoms with van der Waals surface area (Å²) < 4.78 is 2.02. The number of aromatic nitrogens is 4. The fourth-order valence-corrected chi connectivity index (χ4v) is 6.09. The highest BCUT2D eigenvalue weighted by molar-refractivity contribution is 6.23. The number of nitrogens with zero attached hydrogens (tertiary/aromatic N) is 6. The molecule has 4 amide bonds. The van der Waals surface area contributed by atoms with Gasteiger partial charge in [-0.05, 0) is 63.4 Å². The average Bonchev–Trinajstić information content (AvgIpc) is 3.45. The maximum Gasteiger partial charge on any atom is 0.262 e. The molecule has 0 aliphatic carbocycles. The lowest BCUT2D eigenvalue weighted by atomic mass is 10.0. The fraction of sp³-hybridized carbons (Fsp3) is 0.333. The van der Waals surface area contributed by atoms with Crippen LogP contribution in [0.4, 0.5) is 5.69 Å². The molecule has 0 radical (unpaired) electrons. The third-order valence-corrected chi connectivity index (χ3v) is 8.40. The monoisotopic (exact) mass is 604 g/mol. The number of anilines is 1. The lowest BCUT2D eigenvalue weighted by molar-refractivity contribution is -0.136. The fourth-order valence-electron chi connectivity index (χ4n) is 6.09.